The highest BCUT2D eigenvalue weighted by Crippen LogP contribution is 2.38. The van der Waals surface area contributed by atoms with Crippen LogP contribution in [-0.2, 0) is 11.8 Å². The molecular formula is C19H20N4O3. The minimum absolute atomic E-state index is 0.0700. The van der Waals surface area contributed by atoms with Crippen molar-refractivity contribution in [1.82, 2.24) is 14.3 Å². The first-order chi connectivity index (χ1) is 12.5. The van der Waals surface area contributed by atoms with Crippen molar-refractivity contribution >= 4 is 16.9 Å². The normalized spacial score (nSPS) is 15.2. The number of benzene rings is 1. The van der Waals surface area contributed by atoms with E-state index in [0.29, 0.717) is 11.1 Å². The van der Waals surface area contributed by atoms with Crippen molar-refractivity contribution in [1.29, 1.82) is 0 Å². The highest BCUT2D eigenvalue weighted by Gasteiger charge is 2.30. The number of amides is 1. The third kappa shape index (κ3) is 2.75. The highest BCUT2D eigenvalue weighted by molar-refractivity contribution is 5.96. The molecule has 3 aromatic rings. The Kier molecular flexibility index (Phi) is 3.79. The van der Waals surface area contributed by atoms with Crippen LogP contribution >= 0.6 is 0 Å². The standard InChI is InChI=1S/C19H20N4O3/c1-11(26-19(20)25)16-8-12-4-3-5-15(13-9-21-22(2)10-13)17(12)18(24)23(16)14-6-7-14/h3-5,8-11,14H,6-7H2,1-2H3,(H2,20,25)/t11-/m0/s1. The molecule has 1 atom stereocenters. The quantitative estimate of drug-likeness (QED) is 0.781. The monoisotopic (exact) mass is 352 g/mol. The van der Waals surface area contributed by atoms with Crippen molar-refractivity contribution in [2.75, 3.05) is 0 Å². The summed E-state index contributed by atoms with van der Waals surface area (Å²) in [5.74, 6) is 0. The first-order valence-electron chi connectivity index (χ1n) is 8.59. The molecular weight excluding hydrogens is 332 g/mol. The zero-order valence-corrected chi connectivity index (χ0v) is 14.7. The lowest BCUT2D eigenvalue weighted by molar-refractivity contribution is 0.112. The molecule has 1 amide bonds. The molecule has 2 N–H and O–H groups in total. The van der Waals surface area contributed by atoms with E-state index in [-0.39, 0.29) is 11.6 Å². The molecule has 2 aromatic heterocycles. The number of rotatable bonds is 4. The average molecular weight is 352 g/mol. The summed E-state index contributed by atoms with van der Waals surface area (Å²) in [6.07, 6.45) is 4.09. The van der Waals surface area contributed by atoms with Gasteiger partial charge >= 0.3 is 6.09 Å². The Morgan fingerprint density at radius 2 is 2.15 bits per heavy atom. The number of hydrogen-bond donors (Lipinski definition) is 1. The molecule has 0 bridgehead atoms. The van der Waals surface area contributed by atoms with Crippen molar-refractivity contribution < 1.29 is 9.53 Å². The molecule has 1 aliphatic carbocycles. The predicted octanol–water partition coefficient (Wildman–Crippen LogP) is 2.89. The van der Waals surface area contributed by atoms with Gasteiger partial charge in [-0.05, 0) is 36.8 Å². The fourth-order valence-corrected chi connectivity index (χ4v) is 3.45. The molecule has 0 unspecified atom stereocenters. The highest BCUT2D eigenvalue weighted by atomic mass is 16.6. The molecule has 0 spiro atoms. The Bertz CT molecular complexity index is 1060. The molecule has 134 valence electrons. The van der Waals surface area contributed by atoms with Crippen LogP contribution < -0.4 is 11.3 Å². The van der Waals surface area contributed by atoms with Crippen molar-refractivity contribution in [2.24, 2.45) is 12.8 Å². The molecule has 1 saturated carbocycles. The van der Waals surface area contributed by atoms with E-state index in [9.17, 15) is 9.59 Å². The largest absolute Gasteiger partial charge is 0.440 e. The zero-order valence-electron chi connectivity index (χ0n) is 14.7. The molecule has 1 aromatic carbocycles. The number of nitrogens with zero attached hydrogens (tertiary/aromatic N) is 3. The lowest BCUT2D eigenvalue weighted by Gasteiger charge is -2.19. The van der Waals surface area contributed by atoms with Crippen LogP contribution in [0.25, 0.3) is 21.9 Å². The topological polar surface area (TPSA) is 92.1 Å². The minimum atomic E-state index is -0.850. The van der Waals surface area contributed by atoms with E-state index in [0.717, 1.165) is 29.4 Å². The van der Waals surface area contributed by atoms with Gasteiger partial charge in [0.05, 0.1) is 17.3 Å². The minimum Gasteiger partial charge on any atom is -0.440 e. The number of hydrogen-bond acceptors (Lipinski definition) is 4. The summed E-state index contributed by atoms with van der Waals surface area (Å²) in [6, 6.07) is 7.80. The van der Waals surface area contributed by atoms with Crippen LogP contribution in [0.5, 0.6) is 0 Å². The van der Waals surface area contributed by atoms with E-state index in [1.165, 1.54) is 0 Å². The van der Waals surface area contributed by atoms with Gasteiger partial charge < -0.3 is 15.0 Å². The summed E-state index contributed by atoms with van der Waals surface area (Å²) in [7, 11) is 1.85. The van der Waals surface area contributed by atoms with Crippen LogP contribution in [0.3, 0.4) is 0 Å². The summed E-state index contributed by atoms with van der Waals surface area (Å²) in [6.45, 7) is 1.73. The number of primary amides is 1. The zero-order chi connectivity index (χ0) is 18.4. The maximum atomic E-state index is 13.4. The molecule has 0 aliphatic heterocycles. The molecule has 4 rings (SSSR count). The molecule has 7 nitrogen and oxygen atoms in total. The van der Waals surface area contributed by atoms with E-state index in [4.69, 9.17) is 10.5 Å². The summed E-state index contributed by atoms with van der Waals surface area (Å²) < 4.78 is 8.62. The van der Waals surface area contributed by atoms with Gasteiger partial charge in [-0.1, -0.05) is 18.2 Å². The van der Waals surface area contributed by atoms with Crippen LogP contribution in [-0.4, -0.2) is 20.4 Å². The first-order valence-corrected chi connectivity index (χ1v) is 8.59. The number of nitrogens with two attached hydrogens (primary N) is 1. The lowest BCUT2D eigenvalue weighted by atomic mass is 10.0. The number of aromatic nitrogens is 3. The third-order valence-electron chi connectivity index (χ3n) is 4.75. The fourth-order valence-electron chi connectivity index (χ4n) is 3.45. The van der Waals surface area contributed by atoms with Crippen LogP contribution in [0.15, 0.2) is 41.5 Å². The summed E-state index contributed by atoms with van der Waals surface area (Å²) in [5.41, 5.74) is 7.52. The van der Waals surface area contributed by atoms with E-state index < -0.39 is 12.2 Å². The average Bonchev–Trinajstić information content (AvgIpc) is 3.33. The van der Waals surface area contributed by atoms with Crippen LogP contribution in [0.1, 0.15) is 37.6 Å². The fraction of sp³-hybridized carbons (Fsp3) is 0.316. The number of carbonyl (C=O) groups excluding carboxylic acids is 1. The van der Waals surface area contributed by atoms with E-state index in [1.54, 1.807) is 22.4 Å². The Labute approximate surface area is 150 Å². The van der Waals surface area contributed by atoms with Crippen LogP contribution in [0, 0.1) is 0 Å². The third-order valence-corrected chi connectivity index (χ3v) is 4.75. The maximum absolute atomic E-state index is 13.4. The van der Waals surface area contributed by atoms with Crippen molar-refractivity contribution in [3.05, 3.63) is 52.7 Å². The number of fused-ring (bicyclic) bond motifs is 1. The van der Waals surface area contributed by atoms with E-state index in [1.807, 2.05) is 37.5 Å². The number of pyridine rings is 1. The second-order valence-electron chi connectivity index (χ2n) is 6.73. The second kappa shape index (κ2) is 6.01. The van der Waals surface area contributed by atoms with Gasteiger partial charge in [0.15, 0.2) is 0 Å². The number of aryl methyl sites for hydroxylation is 1. The van der Waals surface area contributed by atoms with E-state index in [2.05, 4.69) is 5.10 Å². The van der Waals surface area contributed by atoms with Gasteiger partial charge in [-0.15, -0.1) is 0 Å². The first kappa shape index (κ1) is 16.4. The molecule has 0 radical (unpaired) electrons. The van der Waals surface area contributed by atoms with Gasteiger partial charge in [0.1, 0.15) is 6.10 Å². The predicted molar refractivity (Wildman–Crippen MR) is 97.8 cm³/mol. The summed E-state index contributed by atoms with van der Waals surface area (Å²) >= 11 is 0. The van der Waals surface area contributed by atoms with Gasteiger partial charge in [-0.2, -0.15) is 5.10 Å². The Hall–Kier alpha value is -3.09. The van der Waals surface area contributed by atoms with Gasteiger partial charge in [0.25, 0.3) is 5.56 Å². The van der Waals surface area contributed by atoms with Gasteiger partial charge in [-0.25, -0.2) is 4.79 Å². The smallest absolute Gasteiger partial charge is 0.405 e. The second-order valence-corrected chi connectivity index (χ2v) is 6.73. The van der Waals surface area contributed by atoms with Crippen LogP contribution in [0.4, 0.5) is 4.79 Å². The Morgan fingerprint density at radius 3 is 2.77 bits per heavy atom. The van der Waals surface area contributed by atoms with Crippen molar-refractivity contribution in [3.63, 3.8) is 0 Å². The molecule has 1 fully saturated rings. The van der Waals surface area contributed by atoms with Gasteiger partial charge in [-0.3, -0.25) is 9.48 Å². The van der Waals surface area contributed by atoms with Gasteiger partial charge in [0, 0.05) is 24.8 Å². The molecule has 7 heteroatoms. The van der Waals surface area contributed by atoms with E-state index >= 15 is 0 Å². The molecule has 2 heterocycles. The summed E-state index contributed by atoms with van der Waals surface area (Å²) in [5, 5.41) is 5.68. The lowest BCUT2D eigenvalue weighted by Crippen LogP contribution is -2.26. The SMILES string of the molecule is C[C@H](OC(N)=O)c1cc2cccc(-c3cnn(C)c3)c2c(=O)n1C1CC1. The Balaban J connectivity index is 1.98. The van der Waals surface area contributed by atoms with Crippen molar-refractivity contribution in [2.45, 2.75) is 31.9 Å². The van der Waals surface area contributed by atoms with Gasteiger partial charge in [0.2, 0.25) is 0 Å². The summed E-state index contributed by atoms with van der Waals surface area (Å²) in [4.78, 5) is 24.6. The Morgan fingerprint density at radius 1 is 1.38 bits per heavy atom. The molecule has 1 aliphatic rings. The molecule has 0 saturated heterocycles. The van der Waals surface area contributed by atoms with Crippen molar-refractivity contribution in [3.8, 4) is 11.1 Å². The number of carbonyl (C=O) groups is 1. The maximum Gasteiger partial charge on any atom is 0.405 e. The molecule has 26 heavy (non-hydrogen) atoms. The van der Waals surface area contributed by atoms with Crippen LogP contribution in [0.2, 0.25) is 0 Å². The number of ether oxygens (including phenoxy) is 1.